The predicted octanol–water partition coefficient (Wildman–Crippen LogP) is 4.27. The summed E-state index contributed by atoms with van der Waals surface area (Å²) in [7, 11) is 0. The molecule has 1 N–H and O–H groups in total. The normalized spacial score (nSPS) is 25.4. The molecule has 1 heteroatoms. The van der Waals surface area contributed by atoms with Gasteiger partial charge in [0.2, 0.25) is 0 Å². The van der Waals surface area contributed by atoms with E-state index in [1.54, 1.807) is 19.1 Å². The smallest absolute Gasteiger partial charge is 0.0351 e. The van der Waals surface area contributed by atoms with Crippen molar-refractivity contribution >= 4 is 5.71 Å². The Morgan fingerprint density at radius 2 is 2.40 bits per heavy atom. The van der Waals surface area contributed by atoms with E-state index in [0.717, 1.165) is 5.57 Å². The molecule has 0 heterocycles. The molecule has 0 fully saturated rings. The lowest BCUT2D eigenvalue weighted by Crippen LogP contribution is -2.09. The van der Waals surface area contributed by atoms with Gasteiger partial charge in [-0.1, -0.05) is 36.8 Å². The summed E-state index contributed by atoms with van der Waals surface area (Å²) in [6, 6.07) is 0. The zero-order chi connectivity index (χ0) is 16.4. The topological polar surface area (TPSA) is 23.9 Å². The molecule has 0 aromatic carbocycles. The minimum absolute atomic E-state index is 0.155. The Bertz CT molecular complexity index is 493. The molecule has 0 spiro atoms. The molecule has 15 heavy (non-hydrogen) atoms. The zero-order valence-electron chi connectivity index (χ0n) is 15.1. The lowest BCUT2D eigenvalue weighted by atomic mass is 9.89. The summed E-state index contributed by atoms with van der Waals surface area (Å²) in [5.74, 6) is -0.307. The third-order valence-electron chi connectivity index (χ3n) is 2.64. The predicted molar refractivity (Wildman–Crippen MR) is 67.4 cm³/mol. The lowest BCUT2D eigenvalue weighted by Gasteiger charge is -2.16. The van der Waals surface area contributed by atoms with E-state index in [-0.39, 0.29) is 11.5 Å². The van der Waals surface area contributed by atoms with Crippen LogP contribution in [0.25, 0.3) is 0 Å². The van der Waals surface area contributed by atoms with Gasteiger partial charge in [0.25, 0.3) is 0 Å². The van der Waals surface area contributed by atoms with Gasteiger partial charge in [-0.25, -0.2) is 0 Å². The van der Waals surface area contributed by atoms with Gasteiger partial charge in [0.05, 0.1) is 0 Å². The molecule has 0 aromatic rings. The second-order valence-corrected chi connectivity index (χ2v) is 3.99. The van der Waals surface area contributed by atoms with Crippen LogP contribution in [0.15, 0.2) is 35.5 Å². The summed E-state index contributed by atoms with van der Waals surface area (Å²) in [5.41, 5.74) is 1.68. The fraction of sp³-hybridized carbons (Fsp3) is 0.500. The number of rotatable bonds is 4. The highest BCUT2D eigenvalue weighted by Crippen LogP contribution is 2.22. The van der Waals surface area contributed by atoms with Gasteiger partial charge in [0, 0.05) is 13.9 Å². The maximum absolute atomic E-state index is 8.07. The Morgan fingerprint density at radius 1 is 1.60 bits per heavy atom. The molecule has 0 saturated carbocycles. The van der Waals surface area contributed by atoms with Gasteiger partial charge in [0.15, 0.2) is 0 Å². The van der Waals surface area contributed by atoms with Crippen molar-refractivity contribution in [3.63, 3.8) is 0 Å². The molecule has 1 aliphatic carbocycles. The Labute approximate surface area is 102 Å². The van der Waals surface area contributed by atoms with E-state index < -0.39 is 13.7 Å². The average molecular weight is 209 g/mol. The van der Waals surface area contributed by atoms with Crippen LogP contribution in [-0.4, -0.2) is 5.71 Å². The van der Waals surface area contributed by atoms with Crippen molar-refractivity contribution in [2.24, 2.45) is 5.92 Å². The van der Waals surface area contributed by atoms with Crippen LogP contribution in [-0.2, 0) is 0 Å². The molecule has 0 aliphatic heterocycles. The van der Waals surface area contributed by atoms with E-state index in [1.165, 1.54) is 0 Å². The third kappa shape index (κ3) is 3.50. The number of hydrogen-bond acceptors (Lipinski definition) is 1. The van der Waals surface area contributed by atoms with Crippen LogP contribution in [0.1, 0.15) is 48.1 Å². The standard InChI is InChI=1S/C14H21N/c1-10(2)12(4)9-14(15)13-7-5-11(3)6-8-13/h5,7,12,15H,1,6,8-9H2,2-4H3/i2D3,3D3. The second kappa shape index (κ2) is 5.11. The summed E-state index contributed by atoms with van der Waals surface area (Å²) in [5, 5.41) is 8.07. The van der Waals surface area contributed by atoms with Crippen LogP contribution in [0, 0.1) is 11.3 Å². The van der Waals surface area contributed by atoms with Gasteiger partial charge in [-0.2, -0.15) is 0 Å². The van der Waals surface area contributed by atoms with E-state index in [9.17, 15) is 0 Å². The Kier molecular flexibility index (Phi) is 1.99. The Morgan fingerprint density at radius 3 is 2.93 bits per heavy atom. The fourth-order valence-corrected chi connectivity index (χ4v) is 1.45. The summed E-state index contributed by atoms with van der Waals surface area (Å²) >= 11 is 0. The summed E-state index contributed by atoms with van der Waals surface area (Å²) in [6.45, 7) is 1.07. The molecule has 1 nitrogen and oxygen atoms in total. The van der Waals surface area contributed by atoms with Crippen LogP contribution in [0.5, 0.6) is 0 Å². The first-order valence-corrected chi connectivity index (χ1v) is 5.10. The van der Waals surface area contributed by atoms with Crippen LogP contribution in [0.4, 0.5) is 0 Å². The van der Waals surface area contributed by atoms with Gasteiger partial charge in [0.1, 0.15) is 0 Å². The Hall–Kier alpha value is -1.11. The quantitative estimate of drug-likeness (QED) is 0.528. The molecular formula is C14H21N. The Balaban J connectivity index is 2.73. The highest BCUT2D eigenvalue weighted by molar-refractivity contribution is 5.98. The monoisotopic (exact) mass is 209 g/mol. The second-order valence-electron chi connectivity index (χ2n) is 3.99. The first-order chi connectivity index (χ1) is 9.43. The SMILES string of the molecule is [2H]C([2H])([2H])C(=C)C(C)CC(=N)C1=CC=C(C([2H])([2H])[2H])CC1. The van der Waals surface area contributed by atoms with Gasteiger partial charge >= 0.3 is 0 Å². The molecule has 0 aromatic heterocycles. The molecule has 1 atom stereocenters. The van der Waals surface area contributed by atoms with Crippen LogP contribution >= 0.6 is 0 Å². The molecular weight excluding hydrogens is 182 g/mol. The van der Waals surface area contributed by atoms with E-state index in [0.29, 0.717) is 30.5 Å². The van der Waals surface area contributed by atoms with E-state index in [2.05, 4.69) is 6.58 Å². The van der Waals surface area contributed by atoms with E-state index >= 15 is 0 Å². The molecule has 82 valence electrons. The van der Waals surface area contributed by atoms with Gasteiger partial charge in [-0.05, 0) is 44.5 Å². The van der Waals surface area contributed by atoms with Gasteiger partial charge in [-0.3, -0.25) is 0 Å². The van der Waals surface area contributed by atoms with E-state index in [4.69, 9.17) is 13.6 Å². The highest BCUT2D eigenvalue weighted by atomic mass is 14.4. The summed E-state index contributed by atoms with van der Waals surface area (Å²) in [6.07, 6.45) is 4.46. The molecule has 1 aliphatic rings. The summed E-state index contributed by atoms with van der Waals surface area (Å²) in [4.78, 5) is 0. The highest BCUT2D eigenvalue weighted by Gasteiger charge is 2.12. The van der Waals surface area contributed by atoms with Crippen molar-refractivity contribution in [3.8, 4) is 0 Å². The fourth-order valence-electron chi connectivity index (χ4n) is 1.45. The van der Waals surface area contributed by atoms with Crippen molar-refractivity contribution in [2.75, 3.05) is 0 Å². The number of hydrogen-bond donors (Lipinski definition) is 1. The lowest BCUT2D eigenvalue weighted by molar-refractivity contribution is 0.713. The molecule has 0 radical (unpaired) electrons. The molecule has 0 saturated heterocycles. The molecule has 0 amide bonds. The van der Waals surface area contributed by atoms with Crippen LogP contribution in [0.2, 0.25) is 0 Å². The van der Waals surface area contributed by atoms with Gasteiger partial charge in [-0.15, -0.1) is 0 Å². The zero-order valence-corrected chi connectivity index (χ0v) is 9.06. The van der Waals surface area contributed by atoms with Crippen molar-refractivity contribution in [3.05, 3.63) is 35.5 Å². The first-order valence-electron chi connectivity index (χ1n) is 8.10. The van der Waals surface area contributed by atoms with Crippen molar-refractivity contribution in [1.82, 2.24) is 0 Å². The van der Waals surface area contributed by atoms with Gasteiger partial charge < -0.3 is 5.41 Å². The van der Waals surface area contributed by atoms with Crippen molar-refractivity contribution in [2.45, 2.75) is 39.9 Å². The van der Waals surface area contributed by atoms with Crippen LogP contribution in [0.3, 0.4) is 0 Å². The van der Waals surface area contributed by atoms with Crippen molar-refractivity contribution < 1.29 is 8.22 Å². The van der Waals surface area contributed by atoms with Crippen LogP contribution < -0.4 is 0 Å². The molecule has 0 bridgehead atoms. The average Bonchev–Trinajstić information content (AvgIpc) is 2.35. The number of allylic oxidation sites excluding steroid dienone is 5. The maximum atomic E-state index is 8.07. The molecule has 1 rings (SSSR count). The number of nitrogens with one attached hydrogen (secondary N) is 1. The van der Waals surface area contributed by atoms with E-state index in [1.807, 2.05) is 0 Å². The first kappa shape index (κ1) is 5.83. The largest absolute Gasteiger partial charge is 0.305 e. The summed E-state index contributed by atoms with van der Waals surface area (Å²) < 4.78 is 44.0. The maximum Gasteiger partial charge on any atom is 0.0351 e. The molecule has 1 unspecified atom stereocenters. The minimum Gasteiger partial charge on any atom is -0.305 e. The van der Waals surface area contributed by atoms with Crippen molar-refractivity contribution in [1.29, 1.82) is 5.41 Å². The third-order valence-corrected chi connectivity index (χ3v) is 2.64. The minimum atomic E-state index is -2.20.